The molecule has 0 spiro atoms. The summed E-state index contributed by atoms with van der Waals surface area (Å²) in [5.74, 6) is 0. The third-order valence-electron chi connectivity index (χ3n) is 4.09. The van der Waals surface area contributed by atoms with E-state index in [-0.39, 0.29) is 0 Å². The Morgan fingerprint density at radius 1 is 1.27 bits per heavy atom. The third kappa shape index (κ3) is 1.41. The van der Waals surface area contributed by atoms with Crippen molar-refractivity contribution in [3.05, 3.63) is 34.4 Å². The van der Waals surface area contributed by atoms with Gasteiger partial charge in [-0.05, 0) is 67.9 Å². The predicted molar refractivity (Wildman–Crippen MR) is 63.7 cm³/mol. The maximum absolute atomic E-state index is 3.48. The van der Waals surface area contributed by atoms with Gasteiger partial charge in [-0.1, -0.05) is 12.2 Å². The van der Waals surface area contributed by atoms with Gasteiger partial charge >= 0.3 is 0 Å². The second kappa shape index (κ2) is 3.64. The van der Waals surface area contributed by atoms with Crippen molar-refractivity contribution in [3.8, 4) is 0 Å². The zero-order valence-corrected chi connectivity index (χ0v) is 9.47. The molecule has 0 fully saturated rings. The molecule has 3 rings (SSSR count). The van der Waals surface area contributed by atoms with Crippen LogP contribution < -0.4 is 5.32 Å². The molecule has 0 aliphatic heterocycles. The highest BCUT2D eigenvalue weighted by atomic mass is 14.9. The van der Waals surface area contributed by atoms with E-state index < -0.39 is 0 Å². The largest absolute Gasteiger partial charge is 0.313 e. The number of likely N-dealkylation sites (N-methyl/N-ethyl adjacent to an activating group) is 1. The summed E-state index contributed by atoms with van der Waals surface area (Å²) in [6.45, 7) is 0. The Morgan fingerprint density at radius 2 is 2.20 bits per heavy atom. The van der Waals surface area contributed by atoms with E-state index in [1.54, 1.807) is 22.3 Å². The molecule has 1 heteroatoms. The van der Waals surface area contributed by atoms with Gasteiger partial charge in [0, 0.05) is 6.04 Å². The molecule has 0 aromatic carbocycles. The van der Waals surface area contributed by atoms with Crippen LogP contribution in [0.5, 0.6) is 0 Å². The Morgan fingerprint density at radius 3 is 3.07 bits per heavy atom. The first-order chi connectivity index (χ1) is 7.40. The van der Waals surface area contributed by atoms with Crippen LogP contribution >= 0.6 is 0 Å². The number of hydrogen-bond acceptors (Lipinski definition) is 1. The minimum absolute atomic E-state index is 0.660. The van der Waals surface area contributed by atoms with Crippen LogP contribution in [0.4, 0.5) is 0 Å². The lowest BCUT2D eigenvalue weighted by Crippen LogP contribution is -2.29. The molecule has 3 aliphatic carbocycles. The van der Waals surface area contributed by atoms with Crippen LogP contribution in [0.3, 0.4) is 0 Å². The summed E-state index contributed by atoms with van der Waals surface area (Å²) < 4.78 is 0. The molecule has 3 aliphatic rings. The van der Waals surface area contributed by atoms with Gasteiger partial charge in [0.1, 0.15) is 0 Å². The van der Waals surface area contributed by atoms with Gasteiger partial charge in [0.2, 0.25) is 0 Å². The SMILES string of the molecule is CNC1CCCC2=C1CC1=C2CCC=C1. The van der Waals surface area contributed by atoms with Crippen LogP contribution in [0.1, 0.15) is 38.5 Å². The molecule has 0 bridgehead atoms. The maximum atomic E-state index is 3.48. The highest BCUT2D eigenvalue weighted by molar-refractivity contribution is 5.54. The van der Waals surface area contributed by atoms with E-state index in [1.807, 2.05) is 0 Å². The molecular weight excluding hydrogens is 182 g/mol. The molecule has 0 saturated heterocycles. The highest BCUT2D eigenvalue weighted by Gasteiger charge is 2.30. The Labute approximate surface area is 91.9 Å². The molecule has 0 aromatic rings. The topological polar surface area (TPSA) is 12.0 Å². The van der Waals surface area contributed by atoms with Gasteiger partial charge < -0.3 is 5.32 Å². The molecule has 1 unspecified atom stereocenters. The zero-order chi connectivity index (χ0) is 10.3. The Balaban J connectivity index is 1.96. The molecule has 0 amide bonds. The second-order valence-electron chi connectivity index (χ2n) is 4.86. The van der Waals surface area contributed by atoms with Gasteiger partial charge in [-0.25, -0.2) is 0 Å². The Bertz CT molecular complexity index is 371. The molecule has 1 atom stereocenters. The fraction of sp³-hybridized carbons (Fsp3) is 0.571. The van der Waals surface area contributed by atoms with Crippen molar-refractivity contribution >= 4 is 0 Å². The summed E-state index contributed by atoms with van der Waals surface area (Å²) in [4.78, 5) is 0. The van der Waals surface area contributed by atoms with Gasteiger partial charge in [0.05, 0.1) is 0 Å². The minimum Gasteiger partial charge on any atom is -0.313 e. The molecule has 0 heterocycles. The van der Waals surface area contributed by atoms with Crippen LogP contribution in [0.25, 0.3) is 0 Å². The van der Waals surface area contributed by atoms with Crippen LogP contribution in [0.15, 0.2) is 34.4 Å². The second-order valence-corrected chi connectivity index (χ2v) is 4.86. The monoisotopic (exact) mass is 201 g/mol. The molecule has 0 saturated carbocycles. The number of allylic oxidation sites excluding steroid dienone is 5. The Kier molecular flexibility index (Phi) is 2.28. The van der Waals surface area contributed by atoms with Crippen molar-refractivity contribution in [1.82, 2.24) is 5.32 Å². The van der Waals surface area contributed by atoms with E-state index in [1.165, 1.54) is 38.5 Å². The first-order valence-corrected chi connectivity index (χ1v) is 6.18. The van der Waals surface area contributed by atoms with Gasteiger partial charge in [0.25, 0.3) is 0 Å². The van der Waals surface area contributed by atoms with Crippen molar-refractivity contribution in [3.63, 3.8) is 0 Å². The quantitative estimate of drug-likeness (QED) is 0.687. The summed E-state index contributed by atoms with van der Waals surface area (Å²) in [7, 11) is 2.10. The van der Waals surface area contributed by atoms with Gasteiger partial charge in [-0.3, -0.25) is 0 Å². The number of fused-ring (bicyclic) bond motifs is 1. The zero-order valence-electron chi connectivity index (χ0n) is 9.47. The first-order valence-electron chi connectivity index (χ1n) is 6.18. The van der Waals surface area contributed by atoms with Crippen LogP contribution in [-0.2, 0) is 0 Å². The van der Waals surface area contributed by atoms with E-state index in [2.05, 4.69) is 24.5 Å². The van der Waals surface area contributed by atoms with Gasteiger partial charge in [0.15, 0.2) is 0 Å². The van der Waals surface area contributed by atoms with Crippen molar-refractivity contribution in [2.24, 2.45) is 0 Å². The summed E-state index contributed by atoms with van der Waals surface area (Å²) in [6.07, 6.45) is 12.5. The number of hydrogen-bond donors (Lipinski definition) is 1. The predicted octanol–water partition coefficient (Wildman–Crippen LogP) is 3.11. The molecule has 1 nitrogen and oxygen atoms in total. The molecule has 0 radical (unpaired) electrons. The summed E-state index contributed by atoms with van der Waals surface area (Å²) in [6, 6.07) is 0.660. The van der Waals surface area contributed by atoms with E-state index in [4.69, 9.17) is 0 Å². The molecule has 0 aromatic heterocycles. The summed E-state index contributed by atoms with van der Waals surface area (Å²) in [5.41, 5.74) is 6.75. The Hall–Kier alpha value is -0.820. The molecule has 15 heavy (non-hydrogen) atoms. The smallest absolute Gasteiger partial charge is 0.0285 e. The van der Waals surface area contributed by atoms with E-state index >= 15 is 0 Å². The van der Waals surface area contributed by atoms with Crippen LogP contribution in [0.2, 0.25) is 0 Å². The van der Waals surface area contributed by atoms with Gasteiger partial charge in [-0.2, -0.15) is 0 Å². The molecule has 1 N–H and O–H groups in total. The fourth-order valence-corrected chi connectivity index (χ4v) is 3.35. The third-order valence-corrected chi connectivity index (χ3v) is 4.09. The minimum atomic E-state index is 0.660. The molecular formula is C14H19N. The van der Waals surface area contributed by atoms with Gasteiger partial charge in [-0.15, -0.1) is 0 Å². The highest BCUT2D eigenvalue weighted by Crippen LogP contribution is 2.44. The van der Waals surface area contributed by atoms with Crippen molar-refractivity contribution in [2.75, 3.05) is 7.05 Å². The normalized spacial score (nSPS) is 29.5. The first kappa shape index (κ1) is 9.41. The van der Waals surface area contributed by atoms with Crippen LogP contribution in [0, 0.1) is 0 Å². The lowest BCUT2D eigenvalue weighted by atomic mass is 9.86. The average molecular weight is 201 g/mol. The van der Waals surface area contributed by atoms with Crippen LogP contribution in [-0.4, -0.2) is 13.1 Å². The van der Waals surface area contributed by atoms with Crippen molar-refractivity contribution < 1.29 is 0 Å². The lowest BCUT2D eigenvalue weighted by molar-refractivity contribution is 0.525. The lowest BCUT2D eigenvalue weighted by Gasteiger charge is -2.25. The fourth-order valence-electron chi connectivity index (χ4n) is 3.35. The summed E-state index contributed by atoms with van der Waals surface area (Å²) in [5, 5.41) is 3.48. The number of rotatable bonds is 1. The number of nitrogens with one attached hydrogen (secondary N) is 1. The van der Waals surface area contributed by atoms with Crippen molar-refractivity contribution in [1.29, 1.82) is 0 Å². The standard InChI is InChI=1S/C14H19N/c1-15-14-8-4-7-12-11-6-3-2-5-10(11)9-13(12)14/h2,5,14-15H,3-4,6-9H2,1H3. The maximum Gasteiger partial charge on any atom is 0.0285 e. The van der Waals surface area contributed by atoms with E-state index in [0.29, 0.717) is 6.04 Å². The van der Waals surface area contributed by atoms with E-state index in [9.17, 15) is 0 Å². The average Bonchev–Trinajstić information content (AvgIpc) is 2.67. The van der Waals surface area contributed by atoms with E-state index in [0.717, 1.165) is 0 Å². The van der Waals surface area contributed by atoms with Crippen molar-refractivity contribution in [2.45, 2.75) is 44.6 Å². The molecule has 80 valence electrons. The summed E-state index contributed by atoms with van der Waals surface area (Å²) >= 11 is 0.